The molecule has 0 fully saturated rings. The highest BCUT2D eigenvalue weighted by Crippen LogP contribution is 2.40. The Morgan fingerprint density at radius 3 is 2.41 bits per heavy atom. The number of hydrogen-bond acceptors (Lipinski definition) is 3. The van der Waals surface area contributed by atoms with Crippen LogP contribution in [0.25, 0.3) is 0 Å². The van der Waals surface area contributed by atoms with E-state index in [0.29, 0.717) is 17.7 Å². The largest absolute Gasteiger partial charge is 0.481 e. The Labute approximate surface area is 138 Å². The first kappa shape index (κ1) is 16.9. The minimum Gasteiger partial charge on any atom is -0.481 e. The van der Waals surface area contributed by atoms with E-state index < -0.39 is 23.6 Å². The molecular weight excluding hydrogens is 329 g/mol. The molecule has 5 nitrogen and oxygen atoms in total. The number of hydrogen-bond donors (Lipinski definition) is 1. The van der Waals surface area contributed by atoms with Crippen LogP contribution in [0.2, 0.25) is 10.0 Å². The summed E-state index contributed by atoms with van der Waals surface area (Å²) < 4.78 is 5.36. The molecule has 1 heterocycles. The number of ether oxygens (including phenoxy) is 1. The van der Waals surface area contributed by atoms with Crippen molar-refractivity contribution in [3.8, 4) is 0 Å². The number of anilines is 1. The number of amides is 1. The Bertz CT molecular complexity index is 625. The van der Waals surface area contributed by atoms with Crippen molar-refractivity contribution in [1.82, 2.24) is 0 Å². The summed E-state index contributed by atoms with van der Waals surface area (Å²) in [6, 6.07) is 3.02. The number of carbonyl (C=O) groups is 2. The van der Waals surface area contributed by atoms with Crippen LogP contribution in [0.5, 0.6) is 0 Å². The second-order valence-corrected chi connectivity index (χ2v) is 6.95. The van der Waals surface area contributed by atoms with E-state index >= 15 is 0 Å². The summed E-state index contributed by atoms with van der Waals surface area (Å²) in [5.74, 6) is -1.67. The second-order valence-electron chi connectivity index (χ2n) is 6.14. The maximum absolute atomic E-state index is 12.3. The highest BCUT2D eigenvalue weighted by atomic mass is 35.5. The van der Waals surface area contributed by atoms with Crippen molar-refractivity contribution in [2.24, 2.45) is 0 Å². The van der Waals surface area contributed by atoms with Gasteiger partial charge in [-0.05, 0) is 44.9 Å². The van der Waals surface area contributed by atoms with Gasteiger partial charge in [0.25, 0.3) is 0 Å². The monoisotopic (exact) mass is 345 g/mol. The lowest BCUT2D eigenvalue weighted by Gasteiger charge is -2.34. The third kappa shape index (κ3) is 3.47. The Kier molecular flexibility index (Phi) is 4.59. The second kappa shape index (κ2) is 5.97. The van der Waals surface area contributed by atoms with Crippen LogP contribution >= 0.6 is 23.2 Å². The lowest BCUT2D eigenvalue weighted by atomic mass is 9.90. The SMILES string of the molecule is CC(C)(C)OC(=O)N1CCC(C(=O)O)c2cc(Cl)c(Cl)cc21. The first-order chi connectivity index (χ1) is 10.1. The summed E-state index contributed by atoms with van der Waals surface area (Å²) >= 11 is 12.0. The molecule has 2 rings (SSSR count). The number of carboxylic acids is 1. The summed E-state index contributed by atoms with van der Waals surface area (Å²) in [5.41, 5.74) is 0.262. The molecule has 22 heavy (non-hydrogen) atoms. The van der Waals surface area contributed by atoms with Gasteiger partial charge in [0.1, 0.15) is 5.60 Å². The van der Waals surface area contributed by atoms with Gasteiger partial charge in [-0.15, -0.1) is 0 Å². The normalized spacial score (nSPS) is 17.9. The predicted molar refractivity (Wildman–Crippen MR) is 85.0 cm³/mol. The Morgan fingerprint density at radius 2 is 1.86 bits per heavy atom. The molecule has 0 saturated carbocycles. The molecule has 1 aliphatic heterocycles. The first-order valence-electron chi connectivity index (χ1n) is 6.82. The lowest BCUT2D eigenvalue weighted by molar-refractivity contribution is -0.139. The van der Waals surface area contributed by atoms with E-state index in [9.17, 15) is 14.7 Å². The first-order valence-corrected chi connectivity index (χ1v) is 7.58. The number of nitrogens with zero attached hydrogens (tertiary/aromatic N) is 1. The van der Waals surface area contributed by atoms with Crippen molar-refractivity contribution < 1.29 is 19.4 Å². The third-order valence-electron chi connectivity index (χ3n) is 3.29. The summed E-state index contributed by atoms with van der Waals surface area (Å²) in [6.45, 7) is 5.55. The molecule has 1 aromatic rings. The van der Waals surface area contributed by atoms with Crippen LogP contribution < -0.4 is 4.90 Å². The van der Waals surface area contributed by atoms with E-state index in [1.165, 1.54) is 17.0 Å². The summed E-state index contributed by atoms with van der Waals surface area (Å²) in [5, 5.41) is 9.87. The van der Waals surface area contributed by atoms with Gasteiger partial charge in [-0.3, -0.25) is 9.69 Å². The van der Waals surface area contributed by atoms with E-state index in [1.54, 1.807) is 20.8 Å². The number of carboxylic acid groups (broad SMARTS) is 1. The quantitative estimate of drug-likeness (QED) is 0.823. The molecule has 120 valence electrons. The van der Waals surface area contributed by atoms with Gasteiger partial charge < -0.3 is 9.84 Å². The number of benzene rings is 1. The van der Waals surface area contributed by atoms with E-state index in [4.69, 9.17) is 27.9 Å². The van der Waals surface area contributed by atoms with Crippen molar-refractivity contribution in [3.05, 3.63) is 27.7 Å². The minimum absolute atomic E-state index is 0.247. The van der Waals surface area contributed by atoms with Gasteiger partial charge in [-0.2, -0.15) is 0 Å². The minimum atomic E-state index is -0.955. The van der Waals surface area contributed by atoms with Crippen LogP contribution in [0.3, 0.4) is 0 Å². The number of aliphatic carboxylic acids is 1. The zero-order valence-electron chi connectivity index (χ0n) is 12.5. The molecule has 1 aromatic carbocycles. The predicted octanol–water partition coefficient (Wildman–Crippen LogP) is 4.31. The van der Waals surface area contributed by atoms with E-state index in [2.05, 4.69) is 0 Å². The molecule has 0 aliphatic carbocycles. The smallest absolute Gasteiger partial charge is 0.414 e. The van der Waals surface area contributed by atoms with Crippen LogP contribution in [0.15, 0.2) is 12.1 Å². The fourth-order valence-electron chi connectivity index (χ4n) is 2.36. The standard InChI is InChI=1S/C15H17Cl2NO4/c1-15(2,3)22-14(21)18-5-4-8(13(19)20)9-6-10(16)11(17)7-12(9)18/h6-8H,4-5H2,1-3H3,(H,19,20). The zero-order valence-corrected chi connectivity index (χ0v) is 14.0. The number of fused-ring (bicyclic) bond motifs is 1. The summed E-state index contributed by atoms with van der Waals surface area (Å²) in [7, 11) is 0. The number of carbonyl (C=O) groups excluding carboxylic acids is 1. The number of rotatable bonds is 1. The molecular formula is C15H17Cl2NO4. The van der Waals surface area contributed by atoms with E-state index in [1.807, 2.05) is 0 Å². The van der Waals surface area contributed by atoms with Gasteiger partial charge in [0.05, 0.1) is 21.7 Å². The third-order valence-corrected chi connectivity index (χ3v) is 4.01. The molecule has 0 aromatic heterocycles. The molecule has 1 N–H and O–H groups in total. The highest BCUT2D eigenvalue weighted by molar-refractivity contribution is 6.42. The maximum atomic E-state index is 12.3. The van der Waals surface area contributed by atoms with Gasteiger partial charge in [0, 0.05) is 6.54 Å². The van der Waals surface area contributed by atoms with Gasteiger partial charge in [-0.25, -0.2) is 4.79 Å². The molecule has 0 radical (unpaired) electrons. The molecule has 7 heteroatoms. The highest BCUT2D eigenvalue weighted by Gasteiger charge is 2.35. The fraction of sp³-hybridized carbons (Fsp3) is 0.467. The zero-order chi connectivity index (χ0) is 16.7. The van der Waals surface area contributed by atoms with Crippen LogP contribution in [0, 0.1) is 0 Å². The van der Waals surface area contributed by atoms with Gasteiger partial charge in [-0.1, -0.05) is 23.2 Å². The van der Waals surface area contributed by atoms with Crippen LogP contribution in [0.4, 0.5) is 10.5 Å². The molecule has 0 bridgehead atoms. The van der Waals surface area contributed by atoms with Crippen molar-refractivity contribution >= 4 is 41.0 Å². The Balaban J connectivity index is 2.45. The van der Waals surface area contributed by atoms with Gasteiger partial charge in [0.2, 0.25) is 0 Å². The Morgan fingerprint density at radius 1 is 1.27 bits per heavy atom. The topological polar surface area (TPSA) is 66.8 Å². The average molecular weight is 346 g/mol. The van der Waals surface area contributed by atoms with Crippen molar-refractivity contribution in [3.63, 3.8) is 0 Å². The molecule has 1 atom stereocenters. The van der Waals surface area contributed by atoms with Crippen LogP contribution in [-0.2, 0) is 9.53 Å². The maximum Gasteiger partial charge on any atom is 0.414 e. The van der Waals surface area contributed by atoms with Crippen molar-refractivity contribution in [1.29, 1.82) is 0 Å². The van der Waals surface area contributed by atoms with Gasteiger partial charge in [0.15, 0.2) is 0 Å². The van der Waals surface area contributed by atoms with Crippen molar-refractivity contribution in [2.75, 3.05) is 11.4 Å². The van der Waals surface area contributed by atoms with Gasteiger partial charge >= 0.3 is 12.1 Å². The molecule has 1 aliphatic rings. The summed E-state index contributed by atoms with van der Waals surface area (Å²) in [6.07, 6.45) is -0.240. The van der Waals surface area contributed by atoms with Crippen LogP contribution in [-0.4, -0.2) is 29.3 Å². The Hall–Kier alpha value is -1.46. The fourth-order valence-corrected chi connectivity index (χ4v) is 2.69. The lowest BCUT2D eigenvalue weighted by Crippen LogP contribution is -2.41. The van der Waals surface area contributed by atoms with E-state index in [-0.39, 0.29) is 16.6 Å². The average Bonchev–Trinajstić information content (AvgIpc) is 2.36. The molecule has 1 unspecified atom stereocenters. The molecule has 0 spiro atoms. The van der Waals surface area contributed by atoms with E-state index in [0.717, 1.165) is 0 Å². The van der Waals surface area contributed by atoms with Crippen LogP contribution in [0.1, 0.15) is 38.7 Å². The molecule has 0 saturated heterocycles. The van der Waals surface area contributed by atoms with Crippen molar-refractivity contribution in [2.45, 2.75) is 38.7 Å². The summed E-state index contributed by atoms with van der Waals surface area (Å²) in [4.78, 5) is 25.1. The molecule has 1 amide bonds. The number of halogens is 2.